The van der Waals surface area contributed by atoms with Gasteiger partial charge in [0, 0.05) is 24.6 Å². The standard InChI is InChI=1S/C18H22N4/c1-12-3-2-4-13(9-12)11-19-17-10-16(14-5-6-14)21-18(22-17)20-15-7-8-15/h2-4,9-10,14-15H,5-8,11H2,1H3,(H2,19,20,21,22). The van der Waals surface area contributed by atoms with Gasteiger partial charge in [-0.05, 0) is 38.2 Å². The molecule has 0 unspecified atom stereocenters. The van der Waals surface area contributed by atoms with Crippen LogP contribution in [0.15, 0.2) is 30.3 Å². The first-order chi connectivity index (χ1) is 10.8. The Bertz CT molecular complexity index is 675. The normalized spacial score (nSPS) is 17.3. The molecule has 0 bridgehead atoms. The lowest BCUT2D eigenvalue weighted by Crippen LogP contribution is -2.10. The molecule has 2 N–H and O–H groups in total. The highest BCUT2D eigenvalue weighted by Crippen LogP contribution is 2.40. The summed E-state index contributed by atoms with van der Waals surface area (Å²) in [5, 5.41) is 6.88. The van der Waals surface area contributed by atoms with E-state index in [-0.39, 0.29) is 0 Å². The molecule has 0 saturated heterocycles. The number of benzene rings is 1. The van der Waals surface area contributed by atoms with Gasteiger partial charge >= 0.3 is 0 Å². The van der Waals surface area contributed by atoms with Crippen molar-refractivity contribution in [3.8, 4) is 0 Å². The van der Waals surface area contributed by atoms with E-state index >= 15 is 0 Å². The first-order valence-corrected chi connectivity index (χ1v) is 8.21. The molecule has 1 aromatic carbocycles. The van der Waals surface area contributed by atoms with Gasteiger partial charge in [0.05, 0.1) is 5.69 Å². The van der Waals surface area contributed by atoms with Crippen LogP contribution in [0.2, 0.25) is 0 Å². The zero-order chi connectivity index (χ0) is 14.9. The Hall–Kier alpha value is -2.10. The molecule has 114 valence electrons. The topological polar surface area (TPSA) is 49.8 Å². The highest BCUT2D eigenvalue weighted by molar-refractivity contribution is 5.45. The number of aromatic nitrogens is 2. The molecule has 1 heterocycles. The maximum absolute atomic E-state index is 4.68. The van der Waals surface area contributed by atoms with Gasteiger partial charge < -0.3 is 10.6 Å². The minimum atomic E-state index is 0.582. The van der Waals surface area contributed by atoms with Crippen LogP contribution in [0.5, 0.6) is 0 Å². The van der Waals surface area contributed by atoms with Gasteiger partial charge in [0.1, 0.15) is 5.82 Å². The first kappa shape index (κ1) is 13.6. The van der Waals surface area contributed by atoms with Crippen LogP contribution in [0, 0.1) is 6.92 Å². The van der Waals surface area contributed by atoms with Crippen LogP contribution in [-0.4, -0.2) is 16.0 Å². The fourth-order valence-electron chi connectivity index (χ4n) is 2.63. The molecule has 2 aliphatic carbocycles. The summed E-state index contributed by atoms with van der Waals surface area (Å²) in [4.78, 5) is 9.31. The molecule has 2 saturated carbocycles. The Kier molecular flexibility index (Phi) is 3.45. The Labute approximate surface area is 131 Å². The van der Waals surface area contributed by atoms with E-state index in [0.717, 1.165) is 18.3 Å². The zero-order valence-electron chi connectivity index (χ0n) is 13.0. The van der Waals surface area contributed by atoms with Crippen LogP contribution in [0.4, 0.5) is 11.8 Å². The molecule has 4 nitrogen and oxygen atoms in total. The van der Waals surface area contributed by atoms with Crippen molar-refractivity contribution >= 4 is 11.8 Å². The van der Waals surface area contributed by atoms with Crippen LogP contribution in [0.1, 0.15) is 48.4 Å². The average Bonchev–Trinajstić information content (AvgIpc) is 3.37. The number of rotatable bonds is 6. The maximum atomic E-state index is 4.68. The largest absolute Gasteiger partial charge is 0.366 e. The van der Waals surface area contributed by atoms with E-state index in [9.17, 15) is 0 Å². The molecule has 2 aliphatic rings. The monoisotopic (exact) mass is 294 g/mol. The maximum Gasteiger partial charge on any atom is 0.225 e. The molecule has 22 heavy (non-hydrogen) atoms. The lowest BCUT2D eigenvalue weighted by atomic mass is 10.1. The van der Waals surface area contributed by atoms with Crippen LogP contribution >= 0.6 is 0 Å². The Morgan fingerprint density at radius 2 is 1.95 bits per heavy atom. The van der Waals surface area contributed by atoms with E-state index in [4.69, 9.17) is 0 Å². The van der Waals surface area contributed by atoms with Crippen molar-refractivity contribution in [3.63, 3.8) is 0 Å². The van der Waals surface area contributed by atoms with Crippen molar-refractivity contribution in [3.05, 3.63) is 47.2 Å². The molecule has 0 spiro atoms. The minimum absolute atomic E-state index is 0.582. The van der Waals surface area contributed by atoms with Gasteiger partial charge in [-0.2, -0.15) is 4.98 Å². The predicted molar refractivity (Wildman–Crippen MR) is 89.2 cm³/mol. The molecule has 0 amide bonds. The fraction of sp³-hybridized carbons (Fsp3) is 0.444. The van der Waals surface area contributed by atoms with E-state index in [1.165, 1.54) is 42.5 Å². The van der Waals surface area contributed by atoms with Gasteiger partial charge in [0.15, 0.2) is 0 Å². The van der Waals surface area contributed by atoms with Crippen LogP contribution in [0.3, 0.4) is 0 Å². The molecule has 0 aliphatic heterocycles. The summed E-state index contributed by atoms with van der Waals surface area (Å²) in [6.45, 7) is 2.92. The van der Waals surface area contributed by atoms with Crippen molar-refractivity contribution in [1.82, 2.24) is 9.97 Å². The van der Waals surface area contributed by atoms with E-state index in [1.54, 1.807) is 0 Å². The van der Waals surface area contributed by atoms with Gasteiger partial charge in [-0.15, -0.1) is 0 Å². The van der Waals surface area contributed by atoms with Gasteiger partial charge in [-0.1, -0.05) is 29.8 Å². The summed E-state index contributed by atoms with van der Waals surface area (Å²) < 4.78 is 0. The Morgan fingerprint density at radius 3 is 2.68 bits per heavy atom. The highest BCUT2D eigenvalue weighted by atomic mass is 15.2. The van der Waals surface area contributed by atoms with Crippen LogP contribution in [-0.2, 0) is 6.54 Å². The number of aryl methyl sites for hydroxylation is 1. The number of hydrogen-bond acceptors (Lipinski definition) is 4. The number of hydrogen-bond donors (Lipinski definition) is 2. The fourth-order valence-corrected chi connectivity index (χ4v) is 2.63. The second-order valence-electron chi connectivity index (χ2n) is 6.54. The number of nitrogens with zero attached hydrogens (tertiary/aromatic N) is 2. The first-order valence-electron chi connectivity index (χ1n) is 8.21. The molecule has 4 heteroatoms. The third kappa shape index (κ3) is 3.38. The minimum Gasteiger partial charge on any atom is -0.366 e. The second kappa shape index (κ2) is 5.59. The Morgan fingerprint density at radius 1 is 1.09 bits per heavy atom. The third-order valence-electron chi connectivity index (χ3n) is 4.21. The summed E-state index contributed by atoms with van der Waals surface area (Å²) in [5.41, 5.74) is 3.75. The Balaban J connectivity index is 1.50. The summed E-state index contributed by atoms with van der Waals surface area (Å²) in [6.07, 6.45) is 5.00. The number of anilines is 2. The molecule has 0 radical (unpaired) electrons. The predicted octanol–water partition coefficient (Wildman–Crippen LogP) is 3.85. The van der Waals surface area contributed by atoms with Crippen molar-refractivity contribution in [2.24, 2.45) is 0 Å². The smallest absolute Gasteiger partial charge is 0.225 e. The van der Waals surface area contributed by atoms with Gasteiger partial charge in [0.25, 0.3) is 0 Å². The van der Waals surface area contributed by atoms with E-state index in [1.807, 2.05) is 0 Å². The van der Waals surface area contributed by atoms with Gasteiger partial charge in [-0.25, -0.2) is 4.98 Å². The van der Waals surface area contributed by atoms with E-state index < -0.39 is 0 Å². The zero-order valence-corrected chi connectivity index (χ0v) is 13.0. The summed E-state index contributed by atoms with van der Waals surface area (Å²) in [7, 11) is 0. The molecular weight excluding hydrogens is 272 g/mol. The highest BCUT2D eigenvalue weighted by Gasteiger charge is 2.27. The van der Waals surface area contributed by atoms with Crippen molar-refractivity contribution in [1.29, 1.82) is 0 Å². The second-order valence-corrected chi connectivity index (χ2v) is 6.54. The third-order valence-corrected chi connectivity index (χ3v) is 4.21. The molecule has 4 rings (SSSR count). The van der Waals surface area contributed by atoms with Crippen LogP contribution < -0.4 is 10.6 Å². The van der Waals surface area contributed by atoms with Crippen LogP contribution in [0.25, 0.3) is 0 Å². The van der Waals surface area contributed by atoms with Gasteiger partial charge in [0.2, 0.25) is 5.95 Å². The van der Waals surface area contributed by atoms with Crippen molar-refractivity contribution < 1.29 is 0 Å². The molecule has 2 fully saturated rings. The van der Waals surface area contributed by atoms with E-state index in [2.05, 4.69) is 57.9 Å². The lowest BCUT2D eigenvalue weighted by Gasteiger charge is -2.11. The summed E-state index contributed by atoms with van der Waals surface area (Å²) in [6, 6.07) is 11.3. The molecular formula is C18H22N4. The van der Waals surface area contributed by atoms with Crippen molar-refractivity contribution in [2.45, 2.75) is 51.1 Å². The number of nitrogens with one attached hydrogen (secondary N) is 2. The lowest BCUT2D eigenvalue weighted by molar-refractivity contribution is 0.958. The quantitative estimate of drug-likeness (QED) is 0.849. The average molecular weight is 294 g/mol. The molecule has 0 atom stereocenters. The molecule has 1 aromatic heterocycles. The molecule has 2 aromatic rings. The summed E-state index contributed by atoms with van der Waals surface area (Å²) >= 11 is 0. The SMILES string of the molecule is Cc1cccc(CNc2cc(C3CC3)nc(NC3CC3)n2)c1. The van der Waals surface area contributed by atoms with Crippen molar-refractivity contribution in [2.75, 3.05) is 10.6 Å². The van der Waals surface area contributed by atoms with E-state index in [0.29, 0.717) is 12.0 Å². The van der Waals surface area contributed by atoms with Gasteiger partial charge in [-0.3, -0.25) is 0 Å². The summed E-state index contributed by atoms with van der Waals surface area (Å²) in [5.74, 6) is 2.36.